The molecule has 0 saturated carbocycles. The highest BCUT2D eigenvalue weighted by atomic mass is 16.5. The number of benzene rings is 2. The molecule has 2 aliphatic rings. The summed E-state index contributed by atoms with van der Waals surface area (Å²) >= 11 is 0. The maximum Gasteiger partial charge on any atom is 0.260 e. The third-order valence-corrected chi connectivity index (χ3v) is 4.53. The van der Waals surface area contributed by atoms with Gasteiger partial charge in [-0.1, -0.05) is 43.3 Å². The monoisotopic (exact) mass is 320 g/mol. The molecular weight excluding hydrogens is 300 g/mol. The van der Waals surface area contributed by atoms with E-state index in [1.807, 2.05) is 24.3 Å². The fourth-order valence-corrected chi connectivity index (χ4v) is 3.33. The molecule has 1 amide bonds. The maximum absolute atomic E-state index is 12.4. The van der Waals surface area contributed by atoms with Crippen LogP contribution in [0.4, 0.5) is 5.69 Å². The minimum absolute atomic E-state index is 0.0877. The van der Waals surface area contributed by atoms with Crippen molar-refractivity contribution in [3.63, 3.8) is 0 Å². The number of para-hydroxylation sites is 1. The van der Waals surface area contributed by atoms with Crippen LogP contribution in [0.3, 0.4) is 0 Å². The van der Waals surface area contributed by atoms with Crippen molar-refractivity contribution in [2.24, 2.45) is 0 Å². The number of rotatable bonds is 4. The lowest BCUT2D eigenvalue weighted by Crippen LogP contribution is -2.16. The van der Waals surface area contributed by atoms with Gasteiger partial charge in [0.05, 0.1) is 5.57 Å². The van der Waals surface area contributed by atoms with E-state index >= 15 is 0 Å². The molecule has 4 nitrogen and oxygen atoms in total. The first-order valence-corrected chi connectivity index (χ1v) is 8.38. The van der Waals surface area contributed by atoms with E-state index in [1.165, 1.54) is 5.56 Å². The van der Waals surface area contributed by atoms with E-state index in [2.05, 4.69) is 35.8 Å². The molecule has 0 radical (unpaired) electrons. The molecule has 2 aliphatic heterocycles. The Balaban J connectivity index is 1.71. The maximum atomic E-state index is 12.4. The Labute approximate surface area is 141 Å². The third-order valence-electron chi connectivity index (χ3n) is 4.53. The van der Waals surface area contributed by atoms with Gasteiger partial charge in [-0.3, -0.25) is 4.79 Å². The smallest absolute Gasteiger partial charge is 0.260 e. The molecular formula is C20H20N2O2. The molecule has 122 valence electrons. The number of ether oxygens (including phenoxy) is 1. The molecule has 2 N–H and O–H groups in total. The average molecular weight is 320 g/mol. The molecule has 4 heteroatoms. The van der Waals surface area contributed by atoms with Crippen molar-refractivity contribution in [2.45, 2.75) is 20.0 Å². The van der Waals surface area contributed by atoms with Gasteiger partial charge in [-0.05, 0) is 31.1 Å². The van der Waals surface area contributed by atoms with Gasteiger partial charge < -0.3 is 15.4 Å². The molecule has 0 aromatic heterocycles. The van der Waals surface area contributed by atoms with Crippen LogP contribution in [0.1, 0.15) is 29.2 Å². The molecule has 0 aliphatic carbocycles. The quantitative estimate of drug-likeness (QED) is 0.672. The fourth-order valence-electron chi connectivity index (χ4n) is 3.33. The Bertz CT molecular complexity index is 839. The minimum Gasteiger partial charge on any atom is -0.487 e. The van der Waals surface area contributed by atoms with Gasteiger partial charge in [0.25, 0.3) is 5.91 Å². The van der Waals surface area contributed by atoms with E-state index < -0.39 is 0 Å². The summed E-state index contributed by atoms with van der Waals surface area (Å²) in [7, 11) is 0. The van der Waals surface area contributed by atoms with E-state index in [0.29, 0.717) is 17.9 Å². The van der Waals surface area contributed by atoms with Crippen LogP contribution in [0.5, 0.6) is 0 Å². The summed E-state index contributed by atoms with van der Waals surface area (Å²) in [5, 5.41) is 6.26. The molecule has 0 fully saturated rings. The molecule has 2 aromatic rings. The first-order valence-electron chi connectivity index (χ1n) is 8.38. The van der Waals surface area contributed by atoms with Crippen LogP contribution >= 0.6 is 0 Å². The molecule has 0 spiro atoms. The number of carbonyl (C=O) groups is 1. The largest absolute Gasteiger partial charge is 0.487 e. The summed E-state index contributed by atoms with van der Waals surface area (Å²) in [4.78, 5) is 12.4. The lowest BCUT2D eigenvalue weighted by atomic mass is 9.98. The number of anilines is 1. The van der Waals surface area contributed by atoms with E-state index in [-0.39, 0.29) is 5.91 Å². The summed E-state index contributed by atoms with van der Waals surface area (Å²) in [6.07, 6.45) is 0.996. The molecule has 0 bridgehead atoms. The number of hydrogen-bond donors (Lipinski definition) is 2. The van der Waals surface area contributed by atoms with Crippen LogP contribution in [-0.4, -0.2) is 19.0 Å². The van der Waals surface area contributed by atoms with E-state index in [4.69, 9.17) is 4.74 Å². The van der Waals surface area contributed by atoms with Crippen LogP contribution in [0.25, 0.3) is 11.3 Å². The van der Waals surface area contributed by atoms with Crippen LogP contribution in [0, 0.1) is 0 Å². The van der Waals surface area contributed by atoms with Gasteiger partial charge in [0.2, 0.25) is 0 Å². The third kappa shape index (κ3) is 2.49. The summed E-state index contributed by atoms with van der Waals surface area (Å²) in [5.41, 5.74) is 5.89. The van der Waals surface area contributed by atoms with Crippen molar-refractivity contribution in [3.05, 3.63) is 64.7 Å². The number of nitrogens with one attached hydrogen (secondary N) is 2. The van der Waals surface area contributed by atoms with Gasteiger partial charge in [-0.2, -0.15) is 0 Å². The Hall–Kier alpha value is -2.59. The number of amides is 1. The van der Waals surface area contributed by atoms with E-state index in [0.717, 1.165) is 41.9 Å². The van der Waals surface area contributed by atoms with Gasteiger partial charge in [0, 0.05) is 22.4 Å². The van der Waals surface area contributed by atoms with Crippen molar-refractivity contribution >= 4 is 22.9 Å². The van der Waals surface area contributed by atoms with Crippen LogP contribution in [0.15, 0.2) is 42.5 Å². The molecule has 4 rings (SSSR count). The van der Waals surface area contributed by atoms with Gasteiger partial charge in [-0.25, -0.2) is 0 Å². The lowest BCUT2D eigenvalue weighted by molar-refractivity contribution is -0.110. The topological polar surface area (TPSA) is 50.4 Å². The molecule has 0 atom stereocenters. The first kappa shape index (κ1) is 15.0. The van der Waals surface area contributed by atoms with Crippen molar-refractivity contribution in [1.82, 2.24) is 5.32 Å². The molecule has 2 aromatic carbocycles. The number of carbonyl (C=O) groups excluding carboxylic acids is 1. The van der Waals surface area contributed by atoms with Crippen LogP contribution in [0.2, 0.25) is 0 Å². The lowest BCUT2D eigenvalue weighted by Gasteiger charge is -2.06. The second kappa shape index (κ2) is 6.13. The zero-order chi connectivity index (χ0) is 16.5. The fraction of sp³-hybridized carbons (Fsp3) is 0.250. The average Bonchev–Trinajstić information content (AvgIpc) is 3.14. The van der Waals surface area contributed by atoms with E-state index in [9.17, 15) is 4.79 Å². The standard InChI is InChI=1S/C20H20N2O2/c1-2-21-10-9-13-7-8-15-14(11-13)12-24-19(15)18-16-5-3-4-6-17(16)22-20(18)23/h3-8,11,21H,2,9-10,12H2,1H3,(H,22,23)/b19-18+. The summed E-state index contributed by atoms with van der Waals surface area (Å²) < 4.78 is 5.92. The van der Waals surface area contributed by atoms with Crippen molar-refractivity contribution in [3.8, 4) is 0 Å². The second-order valence-electron chi connectivity index (χ2n) is 6.09. The van der Waals surface area contributed by atoms with Crippen molar-refractivity contribution in [2.75, 3.05) is 18.4 Å². The Morgan fingerprint density at radius 2 is 2.04 bits per heavy atom. The van der Waals surface area contributed by atoms with Crippen LogP contribution < -0.4 is 10.6 Å². The molecule has 0 saturated heterocycles. The summed E-state index contributed by atoms with van der Waals surface area (Å²) in [6, 6.07) is 14.2. The highest BCUT2D eigenvalue weighted by Crippen LogP contribution is 2.41. The first-order chi connectivity index (χ1) is 11.8. The van der Waals surface area contributed by atoms with Gasteiger partial charge >= 0.3 is 0 Å². The summed E-state index contributed by atoms with van der Waals surface area (Å²) in [6.45, 7) is 4.59. The van der Waals surface area contributed by atoms with E-state index in [1.54, 1.807) is 0 Å². The predicted molar refractivity (Wildman–Crippen MR) is 95.4 cm³/mol. The van der Waals surface area contributed by atoms with Crippen molar-refractivity contribution < 1.29 is 9.53 Å². The van der Waals surface area contributed by atoms with Crippen molar-refractivity contribution in [1.29, 1.82) is 0 Å². The number of fused-ring (bicyclic) bond motifs is 2. The normalized spacial score (nSPS) is 18.1. The predicted octanol–water partition coefficient (Wildman–Crippen LogP) is 3.19. The molecule has 0 unspecified atom stereocenters. The second-order valence-corrected chi connectivity index (χ2v) is 6.09. The zero-order valence-corrected chi connectivity index (χ0v) is 13.7. The van der Waals surface area contributed by atoms with Gasteiger partial charge in [0.1, 0.15) is 12.4 Å². The molecule has 24 heavy (non-hydrogen) atoms. The van der Waals surface area contributed by atoms with Gasteiger partial charge in [-0.15, -0.1) is 0 Å². The SMILES string of the molecule is CCNCCc1ccc2c(c1)CO/C2=C1/C(=O)Nc2ccccc21. The highest BCUT2D eigenvalue weighted by molar-refractivity contribution is 6.36. The van der Waals surface area contributed by atoms with Crippen LogP contribution in [-0.2, 0) is 22.6 Å². The Morgan fingerprint density at radius 1 is 1.17 bits per heavy atom. The zero-order valence-electron chi connectivity index (χ0n) is 13.7. The molecule has 2 heterocycles. The van der Waals surface area contributed by atoms with Gasteiger partial charge in [0.15, 0.2) is 0 Å². The number of likely N-dealkylation sites (N-methyl/N-ethyl adjacent to an activating group) is 1. The Morgan fingerprint density at radius 3 is 2.92 bits per heavy atom. The number of hydrogen-bond acceptors (Lipinski definition) is 3. The summed E-state index contributed by atoms with van der Waals surface area (Å²) in [5.74, 6) is 0.612. The Kier molecular flexibility index (Phi) is 3.82. The highest BCUT2D eigenvalue weighted by Gasteiger charge is 2.32. The minimum atomic E-state index is -0.0877.